The minimum Gasteiger partial charge on any atom is -0.296 e. The molecule has 0 spiro atoms. The van der Waals surface area contributed by atoms with E-state index in [2.05, 4.69) is 0 Å². The van der Waals surface area contributed by atoms with Crippen molar-refractivity contribution in [1.82, 2.24) is 0 Å². The van der Waals surface area contributed by atoms with Gasteiger partial charge in [0.1, 0.15) is 5.82 Å². The van der Waals surface area contributed by atoms with Gasteiger partial charge in [-0.15, -0.1) is 0 Å². The molecular weight excluding hydrogens is 214 g/mol. The number of ketones is 2. The maximum atomic E-state index is 13.4. The molecule has 0 N–H and O–H groups in total. The van der Waals surface area contributed by atoms with Crippen LogP contribution in [0.5, 0.6) is 0 Å². The highest BCUT2D eigenvalue weighted by Gasteiger charge is 2.28. The van der Waals surface area contributed by atoms with Crippen LogP contribution in [0.3, 0.4) is 0 Å². The van der Waals surface area contributed by atoms with Crippen molar-refractivity contribution in [3.8, 4) is 0 Å². The Balaban J connectivity index is 2.90. The molecule has 1 rings (SSSR count). The fraction of sp³-hybridized carbons (Fsp3) is 0.333. The zero-order valence-electron chi connectivity index (χ0n) is 9.04. The van der Waals surface area contributed by atoms with Gasteiger partial charge in [0.25, 0.3) is 0 Å². The van der Waals surface area contributed by atoms with E-state index in [1.807, 2.05) is 0 Å². The fourth-order valence-corrected chi connectivity index (χ4v) is 1.21. The maximum absolute atomic E-state index is 13.4. The Labute approximate surface area is 92.3 Å². The van der Waals surface area contributed by atoms with E-state index in [9.17, 15) is 18.4 Å². The molecule has 0 aliphatic rings. The highest BCUT2D eigenvalue weighted by atomic mass is 19.1. The van der Waals surface area contributed by atoms with Gasteiger partial charge >= 0.3 is 0 Å². The minimum atomic E-state index is -2.21. The third kappa shape index (κ3) is 2.72. The van der Waals surface area contributed by atoms with E-state index in [0.717, 1.165) is 12.1 Å². The van der Waals surface area contributed by atoms with Crippen LogP contribution in [0.4, 0.5) is 8.78 Å². The lowest BCUT2D eigenvalue weighted by Crippen LogP contribution is -2.29. The predicted molar refractivity (Wildman–Crippen MR) is 55.5 cm³/mol. The Kier molecular flexibility index (Phi) is 3.88. The summed E-state index contributed by atoms with van der Waals surface area (Å²) in [6.45, 7) is 3.02. The quantitative estimate of drug-likeness (QED) is 0.584. The van der Waals surface area contributed by atoms with Crippen molar-refractivity contribution < 1.29 is 18.4 Å². The molecule has 86 valence electrons. The molecule has 1 aromatic rings. The standard InChI is InChI=1S/C12H12F2O2/c1-7(2)11(15)10(14)12(16)8-4-3-5-9(13)6-8/h3-7,10H,1-2H3. The molecule has 1 unspecified atom stereocenters. The lowest BCUT2D eigenvalue weighted by atomic mass is 9.98. The van der Waals surface area contributed by atoms with E-state index < -0.39 is 29.5 Å². The summed E-state index contributed by atoms with van der Waals surface area (Å²) in [7, 11) is 0. The Morgan fingerprint density at radius 3 is 2.38 bits per heavy atom. The van der Waals surface area contributed by atoms with Gasteiger partial charge < -0.3 is 0 Å². The summed E-state index contributed by atoms with van der Waals surface area (Å²) in [4.78, 5) is 22.7. The first-order valence-electron chi connectivity index (χ1n) is 4.91. The van der Waals surface area contributed by atoms with Crippen LogP contribution in [0.25, 0.3) is 0 Å². The third-order valence-electron chi connectivity index (χ3n) is 2.16. The Hall–Kier alpha value is -1.58. The van der Waals surface area contributed by atoms with Crippen LogP contribution in [0.15, 0.2) is 24.3 Å². The minimum absolute atomic E-state index is 0.124. The number of hydrogen-bond donors (Lipinski definition) is 0. The summed E-state index contributed by atoms with van der Waals surface area (Å²) in [6, 6.07) is 4.65. The summed E-state index contributed by atoms with van der Waals surface area (Å²) in [5.74, 6) is -2.96. The van der Waals surface area contributed by atoms with E-state index in [1.54, 1.807) is 0 Å². The van der Waals surface area contributed by atoms with Gasteiger partial charge in [-0.2, -0.15) is 0 Å². The van der Waals surface area contributed by atoms with Gasteiger partial charge in [0.05, 0.1) is 0 Å². The van der Waals surface area contributed by atoms with E-state index in [1.165, 1.54) is 26.0 Å². The van der Waals surface area contributed by atoms with Gasteiger partial charge in [0, 0.05) is 11.5 Å². The molecule has 0 bridgehead atoms. The van der Waals surface area contributed by atoms with E-state index >= 15 is 0 Å². The molecule has 0 fully saturated rings. The summed E-state index contributed by atoms with van der Waals surface area (Å²) in [6.07, 6.45) is -2.21. The zero-order valence-corrected chi connectivity index (χ0v) is 9.04. The second kappa shape index (κ2) is 4.96. The average Bonchev–Trinajstić information content (AvgIpc) is 2.26. The van der Waals surface area contributed by atoms with Crippen molar-refractivity contribution in [2.24, 2.45) is 5.92 Å². The van der Waals surface area contributed by atoms with Crippen molar-refractivity contribution in [1.29, 1.82) is 0 Å². The lowest BCUT2D eigenvalue weighted by molar-refractivity contribution is -0.125. The van der Waals surface area contributed by atoms with Crippen LogP contribution >= 0.6 is 0 Å². The number of carbonyl (C=O) groups excluding carboxylic acids is 2. The maximum Gasteiger partial charge on any atom is 0.221 e. The molecule has 0 aromatic heterocycles. The average molecular weight is 226 g/mol. The second-order valence-corrected chi connectivity index (χ2v) is 3.79. The molecule has 0 amide bonds. The van der Waals surface area contributed by atoms with Crippen LogP contribution < -0.4 is 0 Å². The molecule has 0 saturated heterocycles. The first kappa shape index (κ1) is 12.5. The molecule has 0 aliphatic heterocycles. The van der Waals surface area contributed by atoms with Crippen LogP contribution in [0, 0.1) is 11.7 Å². The number of Topliss-reactive ketones (excluding diaryl/α,β-unsaturated/α-hetero) is 2. The molecule has 0 saturated carbocycles. The lowest BCUT2D eigenvalue weighted by Gasteiger charge is -2.08. The molecule has 1 aromatic carbocycles. The van der Waals surface area contributed by atoms with Gasteiger partial charge in [-0.25, -0.2) is 8.78 Å². The van der Waals surface area contributed by atoms with Crippen molar-refractivity contribution in [3.63, 3.8) is 0 Å². The molecule has 4 heteroatoms. The molecule has 0 aliphatic carbocycles. The smallest absolute Gasteiger partial charge is 0.221 e. The van der Waals surface area contributed by atoms with Gasteiger partial charge in [-0.3, -0.25) is 9.59 Å². The van der Waals surface area contributed by atoms with Gasteiger partial charge in [0.2, 0.25) is 12.0 Å². The van der Waals surface area contributed by atoms with Crippen LogP contribution in [0.2, 0.25) is 0 Å². The van der Waals surface area contributed by atoms with Crippen molar-refractivity contribution in [2.45, 2.75) is 20.0 Å². The number of carbonyl (C=O) groups is 2. The zero-order chi connectivity index (χ0) is 12.3. The molecular formula is C12H12F2O2. The Morgan fingerprint density at radius 1 is 1.25 bits per heavy atom. The topological polar surface area (TPSA) is 34.1 Å². The largest absolute Gasteiger partial charge is 0.296 e. The SMILES string of the molecule is CC(C)C(=O)C(F)C(=O)c1cccc(F)c1. The number of halogens is 2. The normalized spacial score (nSPS) is 12.6. The summed E-state index contributed by atoms with van der Waals surface area (Å²) in [5.41, 5.74) is -0.124. The second-order valence-electron chi connectivity index (χ2n) is 3.79. The summed E-state index contributed by atoms with van der Waals surface area (Å²) < 4.78 is 26.2. The molecule has 0 radical (unpaired) electrons. The highest BCUT2D eigenvalue weighted by molar-refractivity contribution is 6.13. The van der Waals surface area contributed by atoms with E-state index in [-0.39, 0.29) is 5.56 Å². The number of hydrogen-bond acceptors (Lipinski definition) is 2. The van der Waals surface area contributed by atoms with Crippen molar-refractivity contribution in [2.75, 3.05) is 0 Å². The molecule has 2 nitrogen and oxygen atoms in total. The van der Waals surface area contributed by atoms with Crippen LogP contribution in [0.1, 0.15) is 24.2 Å². The van der Waals surface area contributed by atoms with Crippen molar-refractivity contribution >= 4 is 11.6 Å². The summed E-state index contributed by atoms with van der Waals surface area (Å²) >= 11 is 0. The summed E-state index contributed by atoms with van der Waals surface area (Å²) in [5, 5.41) is 0. The van der Waals surface area contributed by atoms with Gasteiger partial charge in [-0.05, 0) is 12.1 Å². The van der Waals surface area contributed by atoms with Gasteiger partial charge in [0.15, 0.2) is 5.78 Å². The predicted octanol–water partition coefficient (Wildman–Crippen LogP) is 2.57. The fourth-order valence-electron chi connectivity index (χ4n) is 1.21. The van der Waals surface area contributed by atoms with Crippen LogP contribution in [-0.2, 0) is 4.79 Å². The van der Waals surface area contributed by atoms with E-state index in [4.69, 9.17) is 0 Å². The van der Waals surface area contributed by atoms with Gasteiger partial charge in [-0.1, -0.05) is 26.0 Å². The molecule has 1 atom stereocenters. The Morgan fingerprint density at radius 2 is 1.88 bits per heavy atom. The molecule has 16 heavy (non-hydrogen) atoms. The monoisotopic (exact) mass is 226 g/mol. The number of benzene rings is 1. The third-order valence-corrected chi connectivity index (χ3v) is 2.16. The van der Waals surface area contributed by atoms with Crippen molar-refractivity contribution in [3.05, 3.63) is 35.6 Å². The Bertz CT molecular complexity index is 413. The number of rotatable bonds is 4. The first-order valence-corrected chi connectivity index (χ1v) is 4.91. The molecule has 0 heterocycles. The first-order chi connectivity index (χ1) is 7.43. The number of alkyl halides is 1. The highest BCUT2D eigenvalue weighted by Crippen LogP contribution is 2.12. The van der Waals surface area contributed by atoms with E-state index in [0.29, 0.717) is 0 Å². The van der Waals surface area contributed by atoms with Crippen LogP contribution in [-0.4, -0.2) is 17.7 Å².